The molecule has 2 aromatic rings. The molecular weight excluding hydrogens is 553 g/mol. The van der Waals surface area contributed by atoms with Crippen molar-refractivity contribution in [3.63, 3.8) is 0 Å². The first kappa shape index (κ1) is 28.7. The number of nitrogens with one attached hydrogen (secondary N) is 2. The van der Waals surface area contributed by atoms with E-state index in [9.17, 15) is 18.0 Å². The van der Waals surface area contributed by atoms with E-state index in [1.165, 1.54) is 47.5 Å². The van der Waals surface area contributed by atoms with Crippen LogP contribution in [0.1, 0.15) is 49.0 Å². The molecule has 2 fully saturated rings. The van der Waals surface area contributed by atoms with Gasteiger partial charge in [-0.2, -0.15) is 4.31 Å². The third kappa shape index (κ3) is 7.41. The second kappa shape index (κ2) is 13.2. The van der Waals surface area contributed by atoms with Crippen molar-refractivity contribution in [3.8, 4) is 0 Å². The van der Waals surface area contributed by atoms with E-state index in [2.05, 4.69) is 20.6 Å². The Bertz CT molecular complexity index is 1230. The number of rotatable bonds is 9. The van der Waals surface area contributed by atoms with Crippen LogP contribution in [-0.4, -0.2) is 72.9 Å². The van der Waals surface area contributed by atoms with Crippen molar-refractivity contribution in [1.29, 1.82) is 0 Å². The van der Waals surface area contributed by atoms with E-state index in [0.29, 0.717) is 17.4 Å². The highest BCUT2D eigenvalue weighted by atomic mass is 35.5. The van der Waals surface area contributed by atoms with Crippen molar-refractivity contribution in [3.05, 3.63) is 52.5 Å². The standard InChI is InChI=1S/C25H31Cl2N5O5S/c26-18-6-7-23(20(27)13-18)38(35,36)32-10-11-37-19(16-32)14-30-24(33)21(12-17-4-2-1-3-5-17)31-25(34)22-15-28-8-9-29-22/h6-9,13,15,17,19,21H,1-5,10-12,14,16H2,(H,30,33)(H,31,34)/t19?,21-/m0/s1. The predicted octanol–water partition coefficient (Wildman–Crippen LogP) is 3.06. The normalized spacial score (nSPS) is 20.0. The molecule has 4 rings (SSSR count). The fraction of sp³-hybridized carbons (Fsp3) is 0.520. The largest absolute Gasteiger partial charge is 0.374 e. The molecule has 1 aliphatic heterocycles. The Kier molecular flexibility index (Phi) is 9.94. The van der Waals surface area contributed by atoms with Crippen LogP contribution in [0.15, 0.2) is 41.7 Å². The first-order valence-corrected chi connectivity index (χ1v) is 14.8. The number of hydrogen-bond donors (Lipinski definition) is 2. The summed E-state index contributed by atoms with van der Waals surface area (Å²) in [4.78, 5) is 33.9. The van der Waals surface area contributed by atoms with Crippen LogP contribution < -0.4 is 10.6 Å². The maximum Gasteiger partial charge on any atom is 0.272 e. The number of carbonyl (C=O) groups excluding carboxylic acids is 2. The molecule has 38 heavy (non-hydrogen) atoms. The smallest absolute Gasteiger partial charge is 0.272 e. The molecule has 206 valence electrons. The van der Waals surface area contributed by atoms with Crippen LogP contribution in [0.4, 0.5) is 0 Å². The van der Waals surface area contributed by atoms with Gasteiger partial charge in [0.1, 0.15) is 16.6 Å². The fourth-order valence-electron chi connectivity index (χ4n) is 4.83. The molecule has 1 unspecified atom stereocenters. The molecule has 0 spiro atoms. The van der Waals surface area contributed by atoms with Crippen molar-refractivity contribution in [2.75, 3.05) is 26.2 Å². The van der Waals surface area contributed by atoms with Gasteiger partial charge in [0.05, 0.1) is 23.9 Å². The number of amides is 2. The van der Waals surface area contributed by atoms with Gasteiger partial charge >= 0.3 is 0 Å². The number of benzene rings is 1. The topological polar surface area (TPSA) is 131 Å². The van der Waals surface area contributed by atoms with Gasteiger partial charge in [-0.1, -0.05) is 55.3 Å². The van der Waals surface area contributed by atoms with E-state index in [-0.39, 0.29) is 47.8 Å². The highest BCUT2D eigenvalue weighted by Gasteiger charge is 2.33. The van der Waals surface area contributed by atoms with Crippen LogP contribution in [0, 0.1) is 5.92 Å². The van der Waals surface area contributed by atoms with Crippen LogP contribution in [0.2, 0.25) is 10.0 Å². The maximum atomic E-state index is 13.2. The number of aromatic nitrogens is 2. The Labute approximate surface area is 232 Å². The molecule has 2 N–H and O–H groups in total. The zero-order valence-electron chi connectivity index (χ0n) is 20.8. The average Bonchev–Trinajstić information content (AvgIpc) is 2.92. The molecular formula is C25H31Cl2N5O5S. The van der Waals surface area contributed by atoms with Gasteiger partial charge in [0, 0.05) is 37.1 Å². The summed E-state index contributed by atoms with van der Waals surface area (Å²) in [5.74, 6) is -0.491. The van der Waals surface area contributed by atoms with E-state index in [4.69, 9.17) is 27.9 Å². The van der Waals surface area contributed by atoms with Crippen LogP contribution in [0.25, 0.3) is 0 Å². The highest BCUT2D eigenvalue weighted by Crippen LogP contribution is 2.29. The summed E-state index contributed by atoms with van der Waals surface area (Å²) in [6.45, 7) is 0.451. The Morgan fingerprint density at radius 3 is 2.66 bits per heavy atom. The number of carbonyl (C=O) groups is 2. The number of ether oxygens (including phenoxy) is 1. The lowest BCUT2D eigenvalue weighted by atomic mass is 9.84. The number of hydrogen-bond acceptors (Lipinski definition) is 7. The zero-order chi connectivity index (χ0) is 27.1. The van der Waals surface area contributed by atoms with Crippen molar-refractivity contribution < 1.29 is 22.7 Å². The van der Waals surface area contributed by atoms with Crippen LogP contribution in [0.5, 0.6) is 0 Å². The van der Waals surface area contributed by atoms with Crippen molar-refractivity contribution in [2.24, 2.45) is 5.92 Å². The summed E-state index contributed by atoms with van der Waals surface area (Å²) in [5, 5.41) is 6.04. The highest BCUT2D eigenvalue weighted by molar-refractivity contribution is 7.89. The monoisotopic (exact) mass is 583 g/mol. The number of morpholine rings is 1. The molecule has 0 radical (unpaired) electrons. The third-order valence-electron chi connectivity index (χ3n) is 6.83. The average molecular weight is 585 g/mol. The molecule has 2 aliphatic rings. The first-order valence-electron chi connectivity index (χ1n) is 12.7. The van der Waals surface area contributed by atoms with Crippen LogP contribution in [0.3, 0.4) is 0 Å². The van der Waals surface area contributed by atoms with E-state index in [1.807, 2.05) is 0 Å². The van der Waals surface area contributed by atoms with E-state index in [1.54, 1.807) is 0 Å². The predicted molar refractivity (Wildman–Crippen MR) is 142 cm³/mol. The second-order valence-corrected chi connectivity index (χ2v) is 12.3. The van der Waals surface area contributed by atoms with Gasteiger partial charge in [-0.05, 0) is 30.5 Å². The van der Waals surface area contributed by atoms with Gasteiger partial charge < -0.3 is 15.4 Å². The van der Waals surface area contributed by atoms with Crippen molar-refractivity contribution in [1.82, 2.24) is 24.9 Å². The third-order valence-corrected chi connectivity index (χ3v) is 9.41. The molecule has 1 saturated carbocycles. The lowest BCUT2D eigenvalue weighted by Crippen LogP contribution is -2.53. The SMILES string of the molecule is O=C(N[C@@H](CC1CCCCC1)C(=O)NCC1CN(S(=O)(=O)c2ccc(Cl)cc2Cl)CCO1)c1cnccn1. The summed E-state index contributed by atoms with van der Waals surface area (Å²) in [6, 6.07) is 3.47. The van der Waals surface area contributed by atoms with Gasteiger partial charge in [0.2, 0.25) is 15.9 Å². The van der Waals surface area contributed by atoms with Crippen molar-refractivity contribution >= 4 is 45.0 Å². The molecule has 1 saturated heterocycles. The number of nitrogens with zero attached hydrogens (tertiary/aromatic N) is 3. The molecule has 1 aromatic heterocycles. The maximum absolute atomic E-state index is 13.2. The minimum Gasteiger partial charge on any atom is -0.374 e. The Morgan fingerprint density at radius 2 is 1.95 bits per heavy atom. The van der Waals surface area contributed by atoms with Crippen LogP contribution in [-0.2, 0) is 19.6 Å². The fourth-order valence-corrected chi connectivity index (χ4v) is 7.03. The summed E-state index contributed by atoms with van der Waals surface area (Å²) in [6.07, 6.45) is 9.59. The summed E-state index contributed by atoms with van der Waals surface area (Å²) >= 11 is 12.1. The molecule has 10 nitrogen and oxygen atoms in total. The summed E-state index contributed by atoms with van der Waals surface area (Å²) in [7, 11) is -3.88. The number of sulfonamides is 1. The first-order chi connectivity index (χ1) is 18.2. The molecule has 1 aromatic carbocycles. The van der Waals surface area contributed by atoms with Gasteiger partial charge in [0.25, 0.3) is 5.91 Å². The van der Waals surface area contributed by atoms with Gasteiger partial charge in [-0.15, -0.1) is 0 Å². The summed E-state index contributed by atoms with van der Waals surface area (Å²) in [5.41, 5.74) is 0.131. The van der Waals surface area contributed by atoms with E-state index < -0.39 is 28.1 Å². The Hall–Kier alpha value is -2.31. The minimum atomic E-state index is -3.88. The summed E-state index contributed by atoms with van der Waals surface area (Å²) < 4.78 is 33.4. The molecule has 0 bridgehead atoms. The Balaban J connectivity index is 1.39. The lowest BCUT2D eigenvalue weighted by Gasteiger charge is -2.33. The minimum absolute atomic E-state index is 0.0347. The Morgan fingerprint density at radius 1 is 1.16 bits per heavy atom. The van der Waals surface area contributed by atoms with Gasteiger partial charge in [-0.25, -0.2) is 13.4 Å². The van der Waals surface area contributed by atoms with Gasteiger partial charge in [-0.3, -0.25) is 14.6 Å². The van der Waals surface area contributed by atoms with E-state index in [0.717, 1.165) is 25.7 Å². The molecule has 2 amide bonds. The molecule has 1 aliphatic carbocycles. The van der Waals surface area contributed by atoms with E-state index >= 15 is 0 Å². The molecule has 13 heteroatoms. The number of halogens is 2. The van der Waals surface area contributed by atoms with Gasteiger partial charge in [0.15, 0.2) is 0 Å². The van der Waals surface area contributed by atoms with Crippen LogP contribution >= 0.6 is 23.2 Å². The zero-order valence-corrected chi connectivity index (χ0v) is 23.1. The molecule has 2 atom stereocenters. The van der Waals surface area contributed by atoms with Crippen molar-refractivity contribution in [2.45, 2.75) is 55.6 Å². The second-order valence-electron chi connectivity index (χ2n) is 9.53. The lowest BCUT2D eigenvalue weighted by molar-refractivity contribution is -0.124. The quantitative estimate of drug-likeness (QED) is 0.463. The molecule has 2 heterocycles.